The minimum absolute atomic E-state index is 0.136. The molecule has 136 valence electrons. The zero-order valence-corrected chi connectivity index (χ0v) is 15.0. The van der Waals surface area contributed by atoms with Crippen LogP contribution in [0.15, 0.2) is 56.6 Å². The highest BCUT2D eigenvalue weighted by molar-refractivity contribution is 7.89. The van der Waals surface area contributed by atoms with Gasteiger partial charge >= 0.3 is 5.76 Å². The van der Waals surface area contributed by atoms with E-state index in [0.29, 0.717) is 23.4 Å². The molecule has 0 amide bonds. The Morgan fingerprint density at radius 2 is 2.08 bits per heavy atom. The Kier molecular flexibility index (Phi) is 4.08. The van der Waals surface area contributed by atoms with Crippen LogP contribution in [0, 0.1) is 0 Å². The van der Waals surface area contributed by atoms with Crippen molar-refractivity contribution in [3.05, 3.63) is 58.6 Å². The second kappa shape index (κ2) is 6.30. The molecule has 1 aliphatic heterocycles. The first-order chi connectivity index (χ1) is 12.5. The van der Waals surface area contributed by atoms with E-state index in [-0.39, 0.29) is 10.9 Å². The maximum absolute atomic E-state index is 13.2. The number of ether oxygens (including phenoxy) is 1. The number of hydrogen-bond donors (Lipinski definition) is 1. The second-order valence-electron chi connectivity index (χ2n) is 6.22. The lowest BCUT2D eigenvalue weighted by Gasteiger charge is -2.24. The monoisotopic (exact) mass is 374 g/mol. The number of hydrogen-bond acceptors (Lipinski definition) is 5. The van der Waals surface area contributed by atoms with E-state index in [2.05, 4.69) is 4.98 Å². The van der Waals surface area contributed by atoms with Crippen LogP contribution in [-0.4, -0.2) is 31.4 Å². The Morgan fingerprint density at radius 1 is 1.23 bits per heavy atom. The molecule has 1 saturated heterocycles. The highest BCUT2D eigenvalue weighted by Gasteiger charge is 2.36. The van der Waals surface area contributed by atoms with Gasteiger partial charge in [0, 0.05) is 6.54 Å². The molecule has 1 N–H and O–H groups in total. The predicted octanol–water partition coefficient (Wildman–Crippen LogP) is 2.66. The fourth-order valence-corrected chi connectivity index (χ4v) is 5.15. The quantitative estimate of drug-likeness (QED) is 0.758. The van der Waals surface area contributed by atoms with E-state index in [1.165, 1.54) is 22.5 Å². The van der Waals surface area contributed by atoms with Gasteiger partial charge in [0.1, 0.15) is 5.75 Å². The van der Waals surface area contributed by atoms with Gasteiger partial charge in [-0.15, -0.1) is 0 Å². The van der Waals surface area contributed by atoms with Crippen molar-refractivity contribution in [3.63, 3.8) is 0 Å². The number of oxazole rings is 1. The molecular formula is C18H18N2O5S. The number of aromatic amines is 1. The van der Waals surface area contributed by atoms with Gasteiger partial charge in [0.15, 0.2) is 5.58 Å². The van der Waals surface area contributed by atoms with Crippen molar-refractivity contribution in [2.75, 3.05) is 13.7 Å². The van der Waals surface area contributed by atoms with Crippen LogP contribution in [0.25, 0.3) is 11.1 Å². The lowest BCUT2D eigenvalue weighted by Crippen LogP contribution is -2.30. The molecular weight excluding hydrogens is 356 g/mol. The zero-order chi connectivity index (χ0) is 18.3. The average molecular weight is 374 g/mol. The van der Waals surface area contributed by atoms with Gasteiger partial charge < -0.3 is 9.15 Å². The number of nitrogens with zero attached hydrogens (tertiary/aromatic N) is 1. The molecule has 1 fully saturated rings. The molecule has 1 atom stereocenters. The largest absolute Gasteiger partial charge is 0.497 e. The van der Waals surface area contributed by atoms with E-state index in [1.807, 2.05) is 24.3 Å². The number of rotatable bonds is 4. The molecule has 8 heteroatoms. The molecule has 0 aliphatic carbocycles. The van der Waals surface area contributed by atoms with Gasteiger partial charge in [-0.05, 0) is 48.7 Å². The summed E-state index contributed by atoms with van der Waals surface area (Å²) >= 11 is 0. The summed E-state index contributed by atoms with van der Waals surface area (Å²) in [5.74, 6) is 0.0918. The summed E-state index contributed by atoms with van der Waals surface area (Å²) in [5.41, 5.74) is 1.61. The maximum atomic E-state index is 13.2. The highest BCUT2D eigenvalue weighted by Crippen LogP contribution is 2.37. The van der Waals surface area contributed by atoms with Gasteiger partial charge in [0.2, 0.25) is 10.0 Å². The molecule has 1 aromatic heterocycles. The highest BCUT2D eigenvalue weighted by atomic mass is 32.2. The molecule has 0 bridgehead atoms. The summed E-state index contributed by atoms with van der Waals surface area (Å²) in [6, 6.07) is 11.6. The van der Waals surface area contributed by atoms with Crippen molar-refractivity contribution in [1.29, 1.82) is 0 Å². The van der Waals surface area contributed by atoms with E-state index in [0.717, 1.165) is 18.4 Å². The third-order valence-corrected chi connectivity index (χ3v) is 6.58. The van der Waals surface area contributed by atoms with E-state index in [4.69, 9.17) is 9.15 Å². The van der Waals surface area contributed by atoms with Gasteiger partial charge in [-0.1, -0.05) is 12.1 Å². The van der Waals surface area contributed by atoms with E-state index < -0.39 is 15.8 Å². The average Bonchev–Trinajstić information content (AvgIpc) is 3.27. The van der Waals surface area contributed by atoms with Gasteiger partial charge in [0.05, 0.1) is 23.6 Å². The topological polar surface area (TPSA) is 92.6 Å². The SMILES string of the molecule is COc1cccc([C@@H]2CCCN2S(=O)(=O)c2ccc3oc(=O)[nH]c3c2)c1. The first-order valence-corrected chi connectivity index (χ1v) is 9.72. The lowest BCUT2D eigenvalue weighted by atomic mass is 10.1. The van der Waals surface area contributed by atoms with Crippen LogP contribution in [0.3, 0.4) is 0 Å². The van der Waals surface area contributed by atoms with Crippen LogP contribution in [-0.2, 0) is 10.0 Å². The smallest absolute Gasteiger partial charge is 0.417 e. The number of nitrogens with one attached hydrogen (secondary N) is 1. The maximum Gasteiger partial charge on any atom is 0.417 e. The summed E-state index contributed by atoms with van der Waals surface area (Å²) in [6.45, 7) is 0.449. The fraction of sp³-hybridized carbons (Fsp3) is 0.278. The molecule has 0 unspecified atom stereocenters. The van der Waals surface area contributed by atoms with Gasteiger partial charge in [0.25, 0.3) is 0 Å². The molecule has 2 aromatic carbocycles. The minimum Gasteiger partial charge on any atom is -0.497 e. The Morgan fingerprint density at radius 3 is 2.88 bits per heavy atom. The molecule has 3 aromatic rings. The molecule has 2 heterocycles. The first kappa shape index (κ1) is 16.9. The molecule has 4 rings (SSSR count). The van der Waals surface area contributed by atoms with Gasteiger partial charge in [-0.3, -0.25) is 4.98 Å². The number of benzene rings is 2. The number of aromatic nitrogens is 1. The third kappa shape index (κ3) is 2.81. The molecule has 26 heavy (non-hydrogen) atoms. The molecule has 0 spiro atoms. The van der Waals surface area contributed by atoms with Crippen LogP contribution in [0.4, 0.5) is 0 Å². The van der Waals surface area contributed by atoms with Crippen LogP contribution in [0.2, 0.25) is 0 Å². The standard InChI is InChI=1S/C18H18N2O5S/c1-24-13-5-2-4-12(10-13)16-6-3-9-20(16)26(22,23)14-7-8-17-15(11-14)19-18(21)25-17/h2,4-5,7-8,10-11,16H,3,6,9H2,1H3,(H,19,21)/t16-/m0/s1. The van der Waals surface area contributed by atoms with E-state index in [1.54, 1.807) is 7.11 Å². The Labute approximate surface area is 150 Å². The lowest BCUT2D eigenvalue weighted by molar-refractivity contribution is 0.390. The molecule has 1 aliphatic rings. The summed E-state index contributed by atoms with van der Waals surface area (Å²) in [4.78, 5) is 13.9. The fourth-order valence-electron chi connectivity index (χ4n) is 3.44. The summed E-state index contributed by atoms with van der Waals surface area (Å²) < 4.78 is 38.1. The predicted molar refractivity (Wildman–Crippen MR) is 95.7 cm³/mol. The van der Waals surface area contributed by atoms with Crippen LogP contribution in [0.1, 0.15) is 24.4 Å². The van der Waals surface area contributed by atoms with Crippen molar-refractivity contribution in [2.24, 2.45) is 0 Å². The summed E-state index contributed by atoms with van der Waals surface area (Å²) in [7, 11) is -2.12. The van der Waals surface area contributed by atoms with Crippen molar-refractivity contribution in [2.45, 2.75) is 23.8 Å². The van der Waals surface area contributed by atoms with Crippen molar-refractivity contribution >= 4 is 21.1 Å². The minimum atomic E-state index is -3.71. The zero-order valence-electron chi connectivity index (χ0n) is 14.1. The Bertz CT molecular complexity index is 1120. The normalized spacial score (nSPS) is 18.4. The Balaban J connectivity index is 1.74. The first-order valence-electron chi connectivity index (χ1n) is 8.28. The molecule has 0 saturated carbocycles. The number of sulfonamides is 1. The van der Waals surface area contributed by atoms with Crippen LogP contribution in [0.5, 0.6) is 5.75 Å². The number of fused-ring (bicyclic) bond motifs is 1. The summed E-state index contributed by atoms with van der Waals surface area (Å²) in [5, 5.41) is 0. The van der Waals surface area contributed by atoms with Crippen molar-refractivity contribution in [1.82, 2.24) is 9.29 Å². The van der Waals surface area contributed by atoms with Crippen molar-refractivity contribution < 1.29 is 17.6 Å². The van der Waals surface area contributed by atoms with Crippen LogP contribution < -0.4 is 10.5 Å². The second-order valence-corrected chi connectivity index (χ2v) is 8.11. The van der Waals surface area contributed by atoms with Gasteiger partial charge in [-0.25, -0.2) is 13.2 Å². The van der Waals surface area contributed by atoms with Gasteiger partial charge in [-0.2, -0.15) is 4.31 Å². The van der Waals surface area contributed by atoms with E-state index in [9.17, 15) is 13.2 Å². The third-order valence-electron chi connectivity index (χ3n) is 4.68. The number of methoxy groups -OCH3 is 1. The van der Waals surface area contributed by atoms with Crippen LogP contribution >= 0.6 is 0 Å². The summed E-state index contributed by atoms with van der Waals surface area (Å²) in [6.07, 6.45) is 1.53. The van der Waals surface area contributed by atoms with E-state index >= 15 is 0 Å². The number of H-pyrrole nitrogens is 1. The molecule has 7 nitrogen and oxygen atoms in total. The molecule has 0 radical (unpaired) electrons. The van der Waals surface area contributed by atoms with Crippen molar-refractivity contribution in [3.8, 4) is 5.75 Å². The Hall–Kier alpha value is -2.58.